The van der Waals surface area contributed by atoms with E-state index >= 15 is 0 Å². The van der Waals surface area contributed by atoms with Crippen molar-refractivity contribution in [1.82, 2.24) is 19.6 Å². The highest BCUT2D eigenvalue weighted by molar-refractivity contribution is 5.62. The molecule has 32 heavy (non-hydrogen) atoms. The average Bonchev–Trinajstić information content (AvgIpc) is 3.56. The molecule has 3 heterocycles. The summed E-state index contributed by atoms with van der Waals surface area (Å²) in [5.41, 5.74) is 7.83. The van der Waals surface area contributed by atoms with Crippen LogP contribution in [0.15, 0.2) is 67.6 Å². The zero-order chi connectivity index (χ0) is 22.1. The van der Waals surface area contributed by atoms with E-state index in [1.54, 1.807) is 0 Å². The van der Waals surface area contributed by atoms with Gasteiger partial charge in [0.25, 0.3) is 0 Å². The van der Waals surface area contributed by atoms with Crippen LogP contribution in [-0.2, 0) is 13.0 Å². The summed E-state index contributed by atoms with van der Waals surface area (Å²) in [4.78, 5) is 7.30. The first-order valence-corrected chi connectivity index (χ1v) is 11.7. The minimum absolute atomic E-state index is 0.526. The first kappa shape index (κ1) is 20.8. The van der Waals surface area contributed by atoms with Crippen molar-refractivity contribution in [2.75, 3.05) is 25.0 Å². The van der Waals surface area contributed by atoms with Gasteiger partial charge in [0, 0.05) is 44.3 Å². The molecular formula is C27H33N5. The summed E-state index contributed by atoms with van der Waals surface area (Å²) >= 11 is 0. The van der Waals surface area contributed by atoms with Crippen molar-refractivity contribution in [3.05, 3.63) is 84.5 Å². The monoisotopic (exact) mass is 427 g/mol. The zero-order valence-electron chi connectivity index (χ0n) is 19.0. The molecule has 2 aliphatic rings. The number of pyridine rings is 1. The van der Waals surface area contributed by atoms with Crippen LogP contribution >= 0.6 is 0 Å². The Morgan fingerprint density at radius 3 is 2.75 bits per heavy atom. The molecule has 1 aliphatic carbocycles. The SMILES string of the molecule is C=C(NCC(C)CN1CCc2ccccc2C1)c1cn2cc(NC(=C)C3CC3)ccc2n1. The number of anilines is 1. The lowest BCUT2D eigenvalue weighted by Gasteiger charge is -2.31. The quantitative estimate of drug-likeness (QED) is 0.509. The Morgan fingerprint density at radius 1 is 1.12 bits per heavy atom. The summed E-state index contributed by atoms with van der Waals surface area (Å²) in [6.07, 6.45) is 7.76. The van der Waals surface area contributed by atoms with Gasteiger partial charge in [0.1, 0.15) is 11.3 Å². The number of nitrogens with one attached hydrogen (secondary N) is 2. The molecular weight excluding hydrogens is 394 g/mol. The van der Waals surface area contributed by atoms with E-state index in [2.05, 4.69) is 76.5 Å². The Balaban J connectivity index is 1.14. The molecule has 3 aromatic rings. The third-order valence-electron chi connectivity index (χ3n) is 6.58. The van der Waals surface area contributed by atoms with Crippen molar-refractivity contribution in [2.45, 2.75) is 32.7 Å². The van der Waals surface area contributed by atoms with Crippen LogP contribution in [0.25, 0.3) is 11.3 Å². The number of hydrogen-bond donors (Lipinski definition) is 2. The molecule has 5 nitrogen and oxygen atoms in total. The molecule has 0 spiro atoms. The van der Waals surface area contributed by atoms with Crippen LogP contribution in [-0.4, -0.2) is 33.9 Å². The van der Waals surface area contributed by atoms with E-state index in [4.69, 9.17) is 4.98 Å². The number of allylic oxidation sites excluding steroid dienone is 1. The highest BCUT2D eigenvalue weighted by Gasteiger charge is 2.24. The summed E-state index contributed by atoms with van der Waals surface area (Å²) < 4.78 is 2.05. The van der Waals surface area contributed by atoms with Crippen LogP contribution < -0.4 is 10.6 Å². The van der Waals surface area contributed by atoms with Gasteiger partial charge in [0.2, 0.25) is 0 Å². The summed E-state index contributed by atoms with van der Waals surface area (Å²) in [6, 6.07) is 12.9. The van der Waals surface area contributed by atoms with E-state index in [1.165, 1.54) is 24.0 Å². The van der Waals surface area contributed by atoms with Gasteiger partial charge >= 0.3 is 0 Å². The molecule has 5 rings (SSSR count). The summed E-state index contributed by atoms with van der Waals surface area (Å²) in [5, 5.41) is 6.95. The van der Waals surface area contributed by atoms with Gasteiger partial charge in [-0.25, -0.2) is 4.98 Å². The van der Waals surface area contributed by atoms with Crippen molar-refractivity contribution >= 4 is 17.0 Å². The second kappa shape index (κ2) is 8.83. The Morgan fingerprint density at radius 2 is 1.94 bits per heavy atom. The minimum Gasteiger partial charge on any atom is -0.383 e. The van der Waals surface area contributed by atoms with Crippen molar-refractivity contribution in [2.24, 2.45) is 11.8 Å². The fourth-order valence-corrected chi connectivity index (χ4v) is 4.53. The molecule has 0 saturated heterocycles. The summed E-state index contributed by atoms with van der Waals surface area (Å²) in [6.45, 7) is 14.9. The average molecular weight is 428 g/mol. The van der Waals surface area contributed by atoms with Gasteiger partial charge in [0.05, 0.1) is 11.4 Å². The molecule has 1 atom stereocenters. The van der Waals surface area contributed by atoms with E-state index in [0.29, 0.717) is 11.8 Å². The number of fused-ring (bicyclic) bond motifs is 2. The van der Waals surface area contributed by atoms with Gasteiger partial charge in [-0.05, 0) is 54.4 Å². The Bertz CT molecular complexity index is 1140. The highest BCUT2D eigenvalue weighted by atomic mass is 15.1. The molecule has 2 aromatic heterocycles. The standard InChI is InChI=1S/C27H33N5/c1-19(15-31-13-12-23-6-4-5-7-24(23)16-31)14-28-21(3)26-18-32-17-25(10-11-27(32)30-26)29-20(2)22-8-9-22/h4-7,10-11,17-19,22,28-29H,2-3,8-9,12-16H2,1H3. The molecule has 1 fully saturated rings. The maximum atomic E-state index is 4.74. The van der Waals surface area contributed by atoms with Crippen molar-refractivity contribution < 1.29 is 0 Å². The first-order valence-electron chi connectivity index (χ1n) is 11.7. The molecule has 1 unspecified atom stereocenters. The van der Waals surface area contributed by atoms with Gasteiger partial charge in [-0.3, -0.25) is 4.90 Å². The van der Waals surface area contributed by atoms with Gasteiger partial charge < -0.3 is 15.0 Å². The van der Waals surface area contributed by atoms with E-state index in [-0.39, 0.29) is 0 Å². The fourth-order valence-electron chi connectivity index (χ4n) is 4.53. The molecule has 0 radical (unpaired) electrons. The third kappa shape index (κ3) is 4.73. The third-order valence-corrected chi connectivity index (χ3v) is 6.58. The number of nitrogens with zero attached hydrogens (tertiary/aromatic N) is 3. The Labute approximate surface area is 190 Å². The van der Waals surface area contributed by atoms with Crippen LogP contribution in [0.4, 0.5) is 5.69 Å². The largest absolute Gasteiger partial charge is 0.383 e. The van der Waals surface area contributed by atoms with E-state index in [9.17, 15) is 0 Å². The fraction of sp³-hybridized carbons (Fsp3) is 0.370. The van der Waals surface area contributed by atoms with Crippen molar-refractivity contribution in [3.8, 4) is 0 Å². The van der Waals surface area contributed by atoms with Crippen LogP contribution in [0, 0.1) is 11.8 Å². The van der Waals surface area contributed by atoms with Crippen molar-refractivity contribution in [3.63, 3.8) is 0 Å². The molecule has 1 aromatic carbocycles. The second-order valence-electron chi connectivity index (χ2n) is 9.45. The number of rotatable bonds is 9. The number of aromatic nitrogens is 2. The van der Waals surface area contributed by atoms with E-state index in [0.717, 1.165) is 61.0 Å². The molecule has 1 aliphatic heterocycles. The Kier molecular flexibility index (Phi) is 5.75. The molecule has 0 amide bonds. The molecule has 0 bridgehead atoms. The number of benzene rings is 1. The number of hydrogen-bond acceptors (Lipinski definition) is 4. The lowest BCUT2D eigenvalue weighted by atomic mass is 9.99. The normalized spacial score (nSPS) is 17.0. The topological polar surface area (TPSA) is 44.6 Å². The minimum atomic E-state index is 0.526. The van der Waals surface area contributed by atoms with Crippen molar-refractivity contribution in [1.29, 1.82) is 0 Å². The van der Waals surface area contributed by atoms with Gasteiger partial charge in [-0.15, -0.1) is 0 Å². The zero-order valence-corrected chi connectivity index (χ0v) is 19.0. The smallest absolute Gasteiger partial charge is 0.137 e. The van der Waals surface area contributed by atoms with Gasteiger partial charge in [0.15, 0.2) is 0 Å². The maximum absolute atomic E-state index is 4.74. The van der Waals surface area contributed by atoms with Crippen LogP contribution in [0.2, 0.25) is 0 Å². The second-order valence-corrected chi connectivity index (χ2v) is 9.45. The number of imidazole rings is 1. The lowest BCUT2D eigenvalue weighted by Crippen LogP contribution is -2.36. The van der Waals surface area contributed by atoms with E-state index in [1.807, 2.05) is 12.3 Å². The highest BCUT2D eigenvalue weighted by Crippen LogP contribution is 2.35. The summed E-state index contributed by atoms with van der Waals surface area (Å²) in [5.74, 6) is 1.16. The Hall–Kier alpha value is -3.05. The van der Waals surface area contributed by atoms with Crippen LogP contribution in [0.3, 0.4) is 0 Å². The van der Waals surface area contributed by atoms with Crippen LogP contribution in [0.1, 0.15) is 36.6 Å². The lowest BCUT2D eigenvalue weighted by molar-refractivity contribution is 0.220. The van der Waals surface area contributed by atoms with Crippen LogP contribution in [0.5, 0.6) is 0 Å². The maximum Gasteiger partial charge on any atom is 0.137 e. The predicted molar refractivity (Wildman–Crippen MR) is 132 cm³/mol. The molecule has 1 saturated carbocycles. The molecule has 5 heteroatoms. The predicted octanol–water partition coefficient (Wildman–Crippen LogP) is 4.92. The summed E-state index contributed by atoms with van der Waals surface area (Å²) in [7, 11) is 0. The molecule has 166 valence electrons. The first-order chi connectivity index (χ1) is 15.5. The van der Waals surface area contributed by atoms with Gasteiger partial charge in [-0.2, -0.15) is 0 Å². The van der Waals surface area contributed by atoms with Gasteiger partial charge in [-0.1, -0.05) is 44.3 Å². The van der Waals surface area contributed by atoms with E-state index < -0.39 is 0 Å². The molecule has 2 N–H and O–H groups in total.